The Morgan fingerprint density at radius 2 is 1.50 bits per heavy atom. The van der Waals surface area contributed by atoms with Crippen LogP contribution in [0.4, 0.5) is 17.1 Å². The molecule has 0 aromatic heterocycles. The summed E-state index contributed by atoms with van der Waals surface area (Å²) in [6.45, 7) is 1.07. The number of anilines is 1. The Labute approximate surface area is 162 Å². The van der Waals surface area contributed by atoms with Gasteiger partial charge in [0.2, 0.25) is 5.91 Å². The maximum atomic E-state index is 12.3. The third-order valence-corrected chi connectivity index (χ3v) is 4.16. The maximum absolute atomic E-state index is 12.3. The molecular weight excluding hydrogens is 354 g/mol. The first-order chi connectivity index (χ1) is 13.8. The van der Waals surface area contributed by atoms with E-state index < -0.39 is 0 Å². The van der Waals surface area contributed by atoms with Crippen molar-refractivity contribution in [1.82, 2.24) is 0 Å². The molecular formula is C22H19N3O3. The van der Waals surface area contributed by atoms with Gasteiger partial charge in [-0.3, -0.25) is 4.79 Å². The second-order valence-electron chi connectivity index (χ2n) is 6.29. The molecule has 0 unspecified atom stereocenters. The fourth-order valence-electron chi connectivity index (χ4n) is 2.81. The van der Waals surface area contributed by atoms with Crippen molar-refractivity contribution >= 4 is 23.0 Å². The van der Waals surface area contributed by atoms with Gasteiger partial charge in [0.1, 0.15) is 13.2 Å². The van der Waals surface area contributed by atoms with Gasteiger partial charge in [0.25, 0.3) is 0 Å². The molecule has 0 spiro atoms. The lowest BCUT2D eigenvalue weighted by Gasteiger charge is -2.18. The van der Waals surface area contributed by atoms with Gasteiger partial charge in [-0.1, -0.05) is 24.3 Å². The fourth-order valence-corrected chi connectivity index (χ4v) is 2.81. The number of hydrogen-bond donors (Lipinski definition) is 1. The number of benzene rings is 3. The molecule has 4 rings (SSSR count). The minimum Gasteiger partial charge on any atom is -0.486 e. The fraction of sp³-hybridized carbons (Fsp3) is 0.136. The summed E-state index contributed by atoms with van der Waals surface area (Å²) in [4.78, 5) is 12.3. The van der Waals surface area contributed by atoms with E-state index in [9.17, 15) is 4.79 Å². The van der Waals surface area contributed by atoms with Gasteiger partial charge in [0.15, 0.2) is 11.5 Å². The van der Waals surface area contributed by atoms with Crippen LogP contribution in [0, 0.1) is 0 Å². The van der Waals surface area contributed by atoms with Crippen molar-refractivity contribution < 1.29 is 14.3 Å². The molecule has 0 fully saturated rings. The van der Waals surface area contributed by atoms with E-state index in [0.717, 1.165) is 17.0 Å². The van der Waals surface area contributed by atoms with Gasteiger partial charge in [-0.15, -0.1) is 0 Å². The smallest absolute Gasteiger partial charge is 0.228 e. The molecule has 0 aliphatic carbocycles. The lowest BCUT2D eigenvalue weighted by molar-refractivity contribution is -0.115. The second-order valence-corrected chi connectivity index (χ2v) is 6.29. The molecule has 1 aliphatic rings. The van der Waals surface area contributed by atoms with E-state index in [-0.39, 0.29) is 12.3 Å². The first kappa shape index (κ1) is 17.7. The largest absolute Gasteiger partial charge is 0.486 e. The average molecular weight is 373 g/mol. The monoisotopic (exact) mass is 373 g/mol. The number of rotatable bonds is 5. The quantitative estimate of drug-likeness (QED) is 0.636. The molecule has 3 aromatic rings. The van der Waals surface area contributed by atoms with Crippen LogP contribution in [0.2, 0.25) is 0 Å². The lowest BCUT2D eigenvalue weighted by atomic mass is 10.1. The van der Waals surface area contributed by atoms with Gasteiger partial charge in [-0.25, -0.2) is 0 Å². The van der Waals surface area contributed by atoms with E-state index in [2.05, 4.69) is 15.5 Å². The van der Waals surface area contributed by atoms with Crippen LogP contribution in [0.5, 0.6) is 11.5 Å². The molecule has 1 heterocycles. The summed E-state index contributed by atoms with van der Waals surface area (Å²) >= 11 is 0. The topological polar surface area (TPSA) is 72.3 Å². The second kappa shape index (κ2) is 8.35. The van der Waals surface area contributed by atoms with Crippen molar-refractivity contribution in [3.63, 3.8) is 0 Å². The van der Waals surface area contributed by atoms with Crippen LogP contribution >= 0.6 is 0 Å². The number of hydrogen-bond acceptors (Lipinski definition) is 5. The summed E-state index contributed by atoms with van der Waals surface area (Å²) in [5.74, 6) is 1.30. The van der Waals surface area contributed by atoms with Gasteiger partial charge in [0.05, 0.1) is 17.8 Å². The van der Waals surface area contributed by atoms with Crippen molar-refractivity contribution in [1.29, 1.82) is 0 Å². The minimum absolute atomic E-state index is 0.102. The maximum Gasteiger partial charge on any atom is 0.228 e. The Kier molecular flexibility index (Phi) is 5.29. The van der Waals surface area contributed by atoms with E-state index in [1.54, 1.807) is 12.1 Å². The number of azo groups is 1. The Balaban J connectivity index is 1.35. The Morgan fingerprint density at radius 1 is 0.821 bits per heavy atom. The highest BCUT2D eigenvalue weighted by atomic mass is 16.6. The molecule has 0 atom stereocenters. The normalized spacial score (nSPS) is 12.7. The minimum atomic E-state index is -0.102. The molecule has 6 heteroatoms. The highest BCUT2D eigenvalue weighted by Crippen LogP contribution is 2.31. The molecule has 0 saturated carbocycles. The van der Waals surface area contributed by atoms with Crippen molar-refractivity contribution in [3.8, 4) is 11.5 Å². The van der Waals surface area contributed by atoms with Crippen molar-refractivity contribution in [2.24, 2.45) is 10.2 Å². The number of amides is 1. The number of fused-ring (bicyclic) bond motifs is 1. The molecule has 1 aliphatic heterocycles. The Hall–Kier alpha value is -3.67. The Morgan fingerprint density at radius 3 is 2.25 bits per heavy atom. The summed E-state index contributed by atoms with van der Waals surface area (Å²) in [6, 6.07) is 22.3. The summed E-state index contributed by atoms with van der Waals surface area (Å²) in [7, 11) is 0. The third-order valence-electron chi connectivity index (χ3n) is 4.16. The van der Waals surface area contributed by atoms with Gasteiger partial charge >= 0.3 is 0 Å². The van der Waals surface area contributed by atoms with E-state index in [1.165, 1.54) is 0 Å². The van der Waals surface area contributed by atoms with Gasteiger partial charge in [0, 0.05) is 5.69 Å². The van der Waals surface area contributed by atoms with Crippen LogP contribution in [-0.4, -0.2) is 19.1 Å². The highest BCUT2D eigenvalue weighted by molar-refractivity contribution is 5.92. The van der Waals surface area contributed by atoms with Gasteiger partial charge in [-0.2, -0.15) is 10.2 Å². The average Bonchev–Trinajstić information content (AvgIpc) is 2.74. The summed E-state index contributed by atoms with van der Waals surface area (Å²) in [6.07, 6.45) is 0.256. The molecule has 3 aromatic carbocycles. The van der Waals surface area contributed by atoms with Crippen LogP contribution in [0.15, 0.2) is 83.0 Å². The van der Waals surface area contributed by atoms with Crippen molar-refractivity contribution in [2.45, 2.75) is 6.42 Å². The molecule has 6 nitrogen and oxygen atoms in total. The molecule has 0 radical (unpaired) electrons. The third kappa shape index (κ3) is 4.54. The number of carbonyl (C=O) groups is 1. The highest BCUT2D eigenvalue weighted by Gasteiger charge is 2.13. The zero-order valence-corrected chi connectivity index (χ0v) is 15.2. The SMILES string of the molecule is O=C(Cc1ccc2c(c1)OCCO2)Nc1ccc(N=Nc2ccccc2)cc1. The molecule has 0 saturated heterocycles. The molecule has 0 bridgehead atoms. The summed E-state index contributed by atoms with van der Waals surface area (Å²) in [5, 5.41) is 11.3. The zero-order chi connectivity index (χ0) is 19.2. The number of nitrogens with zero attached hydrogens (tertiary/aromatic N) is 2. The summed E-state index contributed by atoms with van der Waals surface area (Å²) < 4.78 is 11.1. The molecule has 1 amide bonds. The van der Waals surface area contributed by atoms with E-state index >= 15 is 0 Å². The van der Waals surface area contributed by atoms with Gasteiger partial charge in [-0.05, 0) is 54.1 Å². The predicted molar refractivity (Wildman–Crippen MR) is 107 cm³/mol. The lowest BCUT2D eigenvalue weighted by Crippen LogP contribution is -2.17. The van der Waals surface area contributed by atoms with E-state index in [4.69, 9.17) is 9.47 Å². The van der Waals surface area contributed by atoms with Crippen LogP contribution < -0.4 is 14.8 Å². The van der Waals surface area contributed by atoms with Crippen LogP contribution in [-0.2, 0) is 11.2 Å². The first-order valence-electron chi connectivity index (χ1n) is 9.01. The first-order valence-corrected chi connectivity index (χ1v) is 9.01. The van der Waals surface area contributed by atoms with Crippen LogP contribution in [0.25, 0.3) is 0 Å². The van der Waals surface area contributed by atoms with E-state index in [0.29, 0.717) is 30.3 Å². The number of carbonyl (C=O) groups excluding carboxylic acids is 1. The number of nitrogens with one attached hydrogen (secondary N) is 1. The van der Waals surface area contributed by atoms with Crippen LogP contribution in [0.1, 0.15) is 5.56 Å². The molecule has 28 heavy (non-hydrogen) atoms. The summed E-state index contributed by atoms with van der Waals surface area (Å²) in [5.41, 5.74) is 3.09. The van der Waals surface area contributed by atoms with Crippen LogP contribution in [0.3, 0.4) is 0 Å². The standard InChI is InChI=1S/C22H19N3O3/c26-22(15-16-6-11-20-21(14-16)28-13-12-27-20)23-17-7-9-19(10-8-17)25-24-18-4-2-1-3-5-18/h1-11,14H,12-13,15H2,(H,23,26). The number of ether oxygens (including phenoxy) is 2. The molecule has 140 valence electrons. The molecule has 1 N–H and O–H groups in total. The van der Waals surface area contributed by atoms with E-state index in [1.807, 2.05) is 60.7 Å². The zero-order valence-electron chi connectivity index (χ0n) is 15.2. The predicted octanol–water partition coefficient (Wildman–Crippen LogP) is 5.05. The van der Waals surface area contributed by atoms with Gasteiger partial charge < -0.3 is 14.8 Å². The van der Waals surface area contributed by atoms with Crippen molar-refractivity contribution in [3.05, 3.63) is 78.4 Å². The Bertz CT molecular complexity index is 986. The van der Waals surface area contributed by atoms with Crippen molar-refractivity contribution in [2.75, 3.05) is 18.5 Å².